The zero-order valence-electron chi connectivity index (χ0n) is 11.7. The number of carbonyl (C=O) groups is 2. The second-order valence-electron chi connectivity index (χ2n) is 4.86. The Balaban J connectivity index is 2.04. The third-order valence-corrected chi connectivity index (χ3v) is 3.13. The predicted molar refractivity (Wildman–Crippen MR) is 77.1 cm³/mol. The molecule has 2 rings (SSSR count). The Morgan fingerprint density at radius 1 is 1.24 bits per heavy atom. The van der Waals surface area contributed by atoms with Crippen molar-refractivity contribution < 1.29 is 19.1 Å². The van der Waals surface area contributed by atoms with Crippen molar-refractivity contribution in [3.8, 4) is 0 Å². The van der Waals surface area contributed by atoms with Gasteiger partial charge in [0.15, 0.2) is 5.76 Å². The van der Waals surface area contributed by atoms with Gasteiger partial charge in [0.1, 0.15) is 0 Å². The SMILES string of the molecule is Cc1ccc(CNC(CC(=O)O)C(=O)c2ccco2)cc1. The van der Waals surface area contributed by atoms with Crippen LogP contribution in [0.15, 0.2) is 47.1 Å². The quantitative estimate of drug-likeness (QED) is 0.764. The van der Waals surface area contributed by atoms with E-state index in [9.17, 15) is 9.59 Å². The lowest BCUT2D eigenvalue weighted by atomic mass is 10.1. The molecule has 0 saturated heterocycles. The average Bonchev–Trinajstić information content (AvgIpc) is 2.98. The van der Waals surface area contributed by atoms with E-state index >= 15 is 0 Å². The fourth-order valence-electron chi connectivity index (χ4n) is 1.97. The van der Waals surface area contributed by atoms with E-state index in [1.165, 1.54) is 12.3 Å². The van der Waals surface area contributed by atoms with Gasteiger partial charge in [0.25, 0.3) is 0 Å². The first kappa shape index (κ1) is 15.0. The van der Waals surface area contributed by atoms with Crippen LogP contribution in [0.2, 0.25) is 0 Å². The first-order valence-corrected chi connectivity index (χ1v) is 6.64. The number of rotatable bonds is 7. The number of ketones is 1. The predicted octanol–water partition coefficient (Wildman–Crippen LogP) is 2.40. The van der Waals surface area contributed by atoms with Crippen molar-refractivity contribution in [2.75, 3.05) is 0 Å². The maximum Gasteiger partial charge on any atom is 0.305 e. The fourth-order valence-corrected chi connectivity index (χ4v) is 1.97. The number of carboxylic acids is 1. The van der Waals surface area contributed by atoms with Gasteiger partial charge in [-0.15, -0.1) is 0 Å². The van der Waals surface area contributed by atoms with E-state index < -0.39 is 12.0 Å². The van der Waals surface area contributed by atoms with Gasteiger partial charge >= 0.3 is 5.97 Å². The summed E-state index contributed by atoms with van der Waals surface area (Å²) >= 11 is 0. The van der Waals surface area contributed by atoms with Crippen LogP contribution in [-0.4, -0.2) is 22.9 Å². The minimum Gasteiger partial charge on any atom is -0.481 e. The Labute approximate surface area is 122 Å². The van der Waals surface area contributed by atoms with Crippen molar-refractivity contribution in [2.45, 2.75) is 25.9 Å². The fraction of sp³-hybridized carbons (Fsp3) is 0.250. The van der Waals surface area contributed by atoms with E-state index in [-0.39, 0.29) is 18.0 Å². The molecular formula is C16H17NO4. The topological polar surface area (TPSA) is 79.5 Å². The van der Waals surface area contributed by atoms with E-state index in [1.54, 1.807) is 6.07 Å². The van der Waals surface area contributed by atoms with Gasteiger partial charge in [0, 0.05) is 6.54 Å². The molecule has 0 aliphatic carbocycles. The minimum absolute atomic E-state index is 0.164. The highest BCUT2D eigenvalue weighted by atomic mass is 16.4. The number of aryl methyl sites for hydroxylation is 1. The molecule has 1 aromatic heterocycles. The van der Waals surface area contributed by atoms with Crippen molar-refractivity contribution in [2.24, 2.45) is 0 Å². The summed E-state index contributed by atoms with van der Waals surface area (Å²) in [5.41, 5.74) is 2.13. The number of benzene rings is 1. The Kier molecular flexibility index (Phi) is 4.90. The summed E-state index contributed by atoms with van der Waals surface area (Å²) < 4.78 is 5.04. The molecule has 21 heavy (non-hydrogen) atoms. The molecule has 0 fully saturated rings. The molecule has 1 unspecified atom stereocenters. The minimum atomic E-state index is -1.03. The molecule has 0 saturated carbocycles. The van der Waals surface area contributed by atoms with E-state index in [0.717, 1.165) is 11.1 Å². The lowest BCUT2D eigenvalue weighted by Gasteiger charge is -2.14. The highest BCUT2D eigenvalue weighted by Gasteiger charge is 2.24. The monoisotopic (exact) mass is 287 g/mol. The van der Waals surface area contributed by atoms with Crippen LogP contribution in [0.5, 0.6) is 0 Å². The molecule has 1 atom stereocenters. The van der Waals surface area contributed by atoms with Gasteiger partial charge in [0.2, 0.25) is 5.78 Å². The Morgan fingerprint density at radius 2 is 1.95 bits per heavy atom. The molecule has 0 amide bonds. The van der Waals surface area contributed by atoms with Crippen molar-refractivity contribution in [3.63, 3.8) is 0 Å². The van der Waals surface area contributed by atoms with Crippen LogP contribution in [0.4, 0.5) is 0 Å². The number of aliphatic carboxylic acids is 1. The van der Waals surface area contributed by atoms with Crippen LogP contribution in [0.25, 0.3) is 0 Å². The number of furan rings is 1. The first-order chi connectivity index (χ1) is 10.1. The molecule has 2 aromatic rings. The van der Waals surface area contributed by atoms with Gasteiger partial charge in [0.05, 0.1) is 18.7 Å². The van der Waals surface area contributed by atoms with Gasteiger partial charge in [-0.05, 0) is 24.6 Å². The summed E-state index contributed by atoms with van der Waals surface area (Å²) in [4.78, 5) is 23.1. The van der Waals surface area contributed by atoms with Crippen LogP contribution in [0.1, 0.15) is 28.1 Å². The van der Waals surface area contributed by atoms with Crippen molar-refractivity contribution in [1.82, 2.24) is 5.32 Å². The maximum atomic E-state index is 12.2. The molecule has 0 aliphatic heterocycles. The third-order valence-electron chi connectivity index (χ3n) is 3.13. The van der Waals surface area contributed by atoms with Crippen molar-refractivity contribution in [1.29, 1.82) is 0 Å². The molecule has 0 bridgehead atoms. The van der Waals surface area contributed by atoms with Gasteiger partial charge < -0.3 is 14.8 Å². The second kappa shape index (κ2) is 6.85. The van der Waals surface area contributed by atoms with E-state index in [4.69, 9.17) is 9.52 Å². The van der Waals surface area contributed by atoms with Gasteiger partial charge in [-0.3, -0.25) is 9.59 Å². The van der Waals surface area contributed by atoms with Crippen LogP contribution in [-0.2, 0) is 11.3 Å². The van der Waals surface area contributed by atoms with Crippen molar-refractivity contribution >= 4 is 11.8 Å². The molecule has 0 radical (unpaired) electrons. The number of Topliss-reactive ketones (excluding diaryl/α,β-unsaturated/α-hetero) is 1. The molecule has 110 valence electrons. The standard InChI is InChI=1S/C16H17NO4/c1-11-4-6-12(7-5-11)10-17-13(9-15(18)19)16(20)14-3-2-8-21-14/h2-8,13,17H,9-10H2,1H3,(H,18,19). The lowest BCUT2D eigenvalue weighted by molar-refractivity contribution is -0.137. The molecular weight excluding hydrogens is 270 g/mol. The molecule has 5 heteroatoms. The summed E-state index contributed by atoms with van der Waals surface area (Å²) in [5.74, 6) is -1.22. The van der Waals surface area contributed by atoms with E-state index in [1.807, 2.05) is 31.2 Å². The zero-order valence-corrected chi connectivity index (χ0v) is 11.7. The highest BCUT2D eigenvalue weighted by molar-refractivity contribution is 5.99. The first-order valence-electron chi connectivity index (χ1n) is 6.64. The Bertz CT molecular complexity index is 602. The Morgan fingerprint density at radius 3 is 2.52 bits per heavy atom. The molecule has 1 heterocycles. The normalized spacial score (nSPS) is 12.0. The van der Waals surface area contributed by atoms with Crippen molar-refractivity contribution in [3.05, 3.63) is 59.5 Å². The summed E-state index contributed by atoms with van der Waals surface area (Å²) in [6, 6.07) is 10.1. The zero-order chi connectivity index (χ0) is 15.2. The van der Waals surface area contributed by atoms with Gasteiger partial charge in [-0.25, -0.2) is 0 Å². The van der Waals surface area contributed by atoms with Crippen LogP contribution >= 0.6 is 0 Å². The molecule has 0 spiro atoms. The van der Waals surface area contributed by atoms with E-state index in [0.29, 0.717) is 6.54 Å². The van der Waals surface area contributed by atoms with Crippen LogP contribution in [0, 0.1) is 6.92 Å². The average molecular weight is 287 g/mol. The second-order valence-corrected chi connectivity index (χ2v) is 4.86. The largest absolute Gasteiger partial charge is 0.481 e. The lowest BCUT2D eigenvalue weighted by Crippen LogP contribution is -2.38. The number of hydrogen-bond donors (Lipinski definition) is 2. The molecule has 1 aromatic carbocycles. The number of carbonyl (C=O) groups excluding carboxylic acids is 1. The number of carboxylic acid groups (broad SMARTS) is 1. The number of nitrogens with one attached hydrogen (secondary N) is 1. The summed E-state index contributed by atoms with van der Waals surface area (Å²) in [7, 11) is 0. The smallest absolute Gasteiger partial charge is 0.305 e. The molecule has 5 nitrogen and oxygen atoms in total. The Hall–Kier alpha value is -2.40. The molecule has 0 aliphatic rings. The molecule has 2 N–H and O–H groups in total. The van der Waals surface area contributed by atoms with E-state index in [2.05, 4.69) is 5.32 Å². The highest BCUT2D eigenvalue weighted by Crippen LogP contribution is 2.09. The number of hydrogen-bond acceptors (Lipinski definition) is 4. The van der Waals surface area contributed by atoms with Crippen LogP contribution in [0.3, 0.4) is 0 Å². The third kappa shape index (κ3) is 4.29. The van der Waals surface area contributed by atoms with Gasteiger partial charge in [-0.1, -0.05) is 29.8 Å². The summed E-state index contributed by atoms with van der Waals surface area (Å²) in [6.07, 6.45) is 1.11. The van der Waals surface area contributed by atoms with Crippen LogP contribution < -0.4 is 5.32 Å². The summed E-state index contributed by atoms with van der Waals surface area (Å²) in [6.45, 7) is 2.41. The summed E-state index contributed by atoms with van der Waals surface area (Å²) in [5, 5.41) is 11.9. The van der Waals surface area contributed by atoms with Gasteiger partial charge in [-0.2, -0.15) is 0 Å². The maximum absolute atomic E-state index is 12.2.